The monoisotopic (exact) mass is 351 g/mol. The van der Waals surface area contributed by atoms with Crippen LogP contribution >= 0.6 is 0 Å². The highest BCUT2D eigenvalue weighted by molar-refractivity contribution is 5.80. The number of aryl methyl sites for hydroxylation is 1. The lowest BCUT2D eigenvalue weighted by Gasteiger charge is -2.25. The molecule has 5 heteroatoms. The molecule has 0 saturated carbocycles. The number of aromatic nitrogens is 1. The average molecular weight is 351 g/mol. The van der Waals surface area contributed by atoms with E-state index >= 15 is 0 Å². The first-order valence-corrected chi connectivity index (χ1v) is 9.23. The topological polar surface area (TPSA) is 45.7 Å². The molecule has 4 rings (SSSR count). The van der Waals surface area contributed by atoms with Crippen LogP contribution < -0.4 is 4.74 Å². The van der Waals surface area contributed by atoms with Gasteiger partial charge in [0.15, 0.2) is 0 Å². The molecule has 136 valence electrons. The summed E-state index contributed by atoms with van der Waals surface area (Å²) < 4.78 is 5.23. The average Bonchev–Trinajstić information content (AvgIpc) is 3.16. The van der Waals surface area contributed by atoms with E-state index in [4.69, 9.17) is 4.74 Å². The third-order valence-electron chi connectivity index (χ3n) is 5.55. The second kappa shape index (κ2) is 7.08. The van der Waals surface area contributed by atoms with Gasteiger partial charge in [-0.05, 0) is 43.2 Å². The van der Waals surface area contributed by atoms with E-state index in [2.05, 4.69) is 22.0 Å². The first-order chi connectivity index (χ1) is 12.6. The van der Waals surface area contributed by atoms with Crippen LogP contribution in [0.3, 0.4) is 0 Å². The first-order valence-electron chi connectivity index (χ1n) is 9.23. The van der Waals surface area contributed by atoms with Gasteiger partial charge in [-0.3, -0.25) is 14.7 Å². The number of hydrogen-bond donors (Lipinski definition) is 0. The maximum atomic E-state index is 12.6. The minimum absolute atomic E-state index is 0.253. The Balaban J connectivity index is 1.44. The van der Waals surface area contributed by atoms with Crippen LogP contribution in [-0.4, -0.2) is 46.4 Å². The van der Waals surface area contributed by atoms with Crippen LogP contribution in [0.4, 0.5) is 0 Å². The number of likely N-dealkylation sites (tertiary alicyclic amines) is 2. The molecule has 2 saturated heterocycles. The summed E-state index contributed by atoms with van der Waals surface area (Å²) in [7, 11) is 1.68. The Hall–Kier alpha value is -2.40. The number of pyridine rings is 1. The number of hydrogen-bond acceptors (Lipinski definition) is 4. The van der Waals surface area contributed by atoms with Gasteiger partial charge >= 0.3 is 0 Å². The normalized spacial score (nSPS) is 22.7. The molecule has 2 aliphatic rings. The van der Waals surface area contributed by atoms with E-state index in [1.54, 1.807) is 7.11 Å². The van der Waals surface area contributed by atoms with Gasteiger partial charge in [-0.2, -0.15) is 0 Å². The largest absolute Gasteiger partial charge is 0.497 e. The molecule has 2 atom stereocenters. The zero-order valence-corrected chi connectivity index (χ0v) is 15.4. The molecule has 1 amide bonds. The minimum Gasteiger partial charge on any atom is -0.497 e. The number of benzene rings is 1. The lowest BCUT2D eigenvalue weighted by molar-refractivity contribution is -0.129. The Labute approximate surface area is 154 Å². The summed E-state index contributed by atoms with van der Waals surface area (Å²) in [6.07, 6.45) is 1.66. The summed E-state index contributed by atoms with van der Waals surface area (Å²) in [4.78, 5) is 21.7. The summed E-state index contributed by atoms with van der Waals surface area (Å²) >= 11 is 0. The highest BCUT2D eigenvalue weighted by atomic mass is 16.5. The van der Waals surface area contributed by atoms with Crippen molar-refractivity contribution in [3.63, 3.8) is 0 Å². The molecular formula is C21H25N3O2. The number of nitrogens with zero attached hydrogens (tertiary/aromatic N) is 3. The zero-order valence-electron chi connectivity index (χ0n) is 15.4. The lowest BCUT2D eigenvalue weighted by atomic mass is 10.1. The van der Waals surface area contributed by atoms with Gasteiger partial charge in [0.25, 0.3) is 0 Å². The van der Waals surface area contributed by atoms with Gasteiger partial charge in [-0.25, -0.2) is 0 Å². The SMILES string of the molecule is COc1ccc(CN2CC[C@H]3[C@H]2CC(=O)N3Cc2cccc(C)n2)cc1. The molecule has 0 radical (unpaired) electrons. The van der Waals surface area contributed by atoms with Gasteiger partial charge < -0.3 is 9.64 Å². The van der Waals surface area contributed by atoms with Gasteiger partial charge in [-0.15, -0.1) is 0 Å². The number of rotatable bonds is 5. The summed E-state index contributed by atoms with van der Waals surface area (Å²) in [6.45, 7) is 4.53. The summed E-state index contributed by atoms with van der Waals surface area (Å²) in [5.41, 5.74) is 3.24. The predicted molar refractivity (Wildman–Crippen MR) is 99.7 cm³/mol. The fourth-order valence-corrected chi connectivity index (χ4v) is 4.24. The molecule has 2 fully saturated rings. The maximum Gasteiger partial charge on any atom is 0.224 e. The lowest BCUT2D eigenvalue weighted by Crippen LogP contribution is -2.36. The highest BCUT2D eigenvalue weighted by Gasteiger charge is 2.46. The van der Waals surface area contributed by atoms with Crippen LogP contribution in [-0.2, 0) is 17.9 Å². The van der Waals surface area contributed by atoms with Gasteiger partial charge in [0.2, 0.25) is 5.91 Å². The Morgan fingerprint density at radius 1 is 1.12 bits per heavy atom. The van der Waals surface area contributed by atoms with Crippen LogP contribution in [0.5, 0.6) is 5.75 Å². The number of amides is 1. The van der Waals surface area contributed by atoms with Crippen molar-refractivity contribution < 1.29 is 9.53 Å². The third kappa shape index (κ3) is 3.31. The van der Waals surface area contributed by atoms with Crippen molar-refractivity contribution in [3.8, 4) is 5.75 Å². The van der Waals surface area contributed by atoms with Crippen molar-refractivity contribution in [2.24, 2.45) is 0 Å². The van der Waals surface area contributed by atoms with Crippen LogP contribution in [0, 0.1) is 6.92 Å². The third-order valence-corrected chi connectivity index (χ3v) is 5.55. The van der Waals surface area contributed by atoms with Crippen molar-refractivity contribution in [1.82, 2.24) is 14.8 Å². The van der Waals surface area contributed by atoms with Crippen LogP contribution in [0.25, 0.3) is 0 Å². The van der Waals surface area contributed by atoms with Crippen LogP contribution in [0.1, 0.15) is 29.8 Å². The maximum absolute atomic E-state index is 12.6. The Bertz CT molecular complexity index is 790. The smallest absolute Gasteiger partial charge is 0.224 e. The van der Waals surface area contributed by atoms with Gasteiger partial charge in [0.1, 0.15) is 5.75 Å². The summed E-state index contributed by atoms with van der Waals surface area (Å²) in [6, 6.07) is 14.9. The molecule has 1 aromatic carbocycles. The fourth-order valence-electron chi connectivity index (χ4n) is 4.24. The molecule has 2 aliphatic heterocycles. The molecule has 0 N–H and O–H groups in total. The Morgan fingerprint density at radius 2 is 1.92 bits per heavy atom. The van der Waals surface area contributed by atoms with E-state index in [1.165, 1.54) is 5.56 Å². The molecule has 0 bridgehead atoms. The van der Waals surface area contributed by atoms with E-state index in [9.17, 15) is 4.79 Å². The molecule has 0 aliphatic carbocycles. The molecule has 5 nitrogen and oxygen atoms in total. The fraction of sp³-hybridized carbons (Fsp3) is 0.429. The van der Waals surface area contributed by atoms with E-state index in [-0.39, 0.29) is 5.91 Å². The molecule has 3 heterocycles. The molecule has 26 heavy (non-hydrogen) atoms. The predicted octanol–water partition coefficient (Wildman–Crippen LogP) is 2.77. The highest BCUT2D eigenvalue weighted by Crippen LogP contribution is 2.34. The molecule has 0 unspecified atom stereocenters. The van der Waals surface area contributed by atoms with Gasteiger partial charge in [-0.1, -0.05) is 18.2 Å². The first kappa shape index (κ1) is 17.0. The van der Waals surface area contributed by atoms with Crippen LogP contribution in [0.2, 0.25) is 0 Å². The second-order valence-electron chi connectivity index (χ2n) is 7.24. The molecule has 1 aromatic heterocycles. The number of carbonyl (C=O) groups is 1. The molecule has 0 spiro atoms. The van der Waals surface area contributed by atoms with Crippen molar-refractivity contribution in [2.75, 3.05) is 13.7 Å². The van der Waals surface area contributed by atoms with Crippen molar-refractivity contribution in [2.45, 2.75) is 44.9 Å². The number of carbonyl (C=O) groups excluding carboxylic acids is 1. The quantitative estimate of drug-likeness (QED) is 0.831. The number of fused-ring (bicyclic) bond motifs is 1. The zero-order chi connectivity index (χ0) is 18.1. The van der Waals surface area contributed by atoms with E-state index in [0.29, 0.717) is 25.0 Å². The number of methoxy groups -OCH3 is 1. The van der Waals surface area contributed by atoms with Crippen molar-refractivity contribution in [3.05, 3.63) is 59.4 Å². The molecule has 2 aromatic rings. The molecular weight excluding hydrogens is 326 g/mol. The Morgan fingerprint density at radius 3 is 2.65 bits per heavy atom. The summed E-state index contributed by atoms with van der Waals surface area (Å²) in [5, 5.41) is 0. The van der Waals surface area contributed by atoms with Crippen molar-refractivity contribution >= 4 is 5.91 Å². The van der Waals surface area contributed by atoms with Gasteiger partial charge in [0.05, 0.1) is 19.3 Å². The second-order valence-corrected chi connectivity index (χ2v) is 7.24. The Kier molecular flexibility index (Phi) is 4.64. The summed E-state index contributed by atoms with van der Waals surface area (Å²) in [5.74, 6) is 1.13. The number of ether oxygens (including phenoxy) is 1. The van der Waals surface area contributed by atoms with E-state index < -0.39 is 0 Å². The van der Waals surface area contributed by atoms with E-state index in [1.807, 2.05) is 42.2 Å². The van der Waals surface area contributed by atoms with Gasteiger partial charge in [0, 0.05) is 37.3 Å². The standard InChI is InChI=1S/C21H25N3O2/c1-15-4-3-5-17(22-15)14-24-19-10-11-23(20(19)12-21(24)25)13-16-6-8-18(26-2)9-7-16/h3-9,19-20H,10-14H2,1-2H3/t19-,20+/m0/s1. The van der Waals surface area contributed by atoms with Crippen molar-refractivity contribution in [1.29, 1.82) is 0 Å². The minimum atomic E-state index is 0.253. The van der Waals surface area contributed by atoms with E-state index in [0.717, 1.165) is 36.6 Å². The van der Waals surface area contributed by atoms with Crippen LogP contribution in [0.15, 0.2) is 42.5 Å².